The van der Waals surface area contributed by atoms with Gasteiger partial charge in [0.2, 0.25) is 0 Å². The van der Waals surface area contributed by atoms with Gasteiger partial charge in [-0.2, -0.15) is 8.42 Å². The van der Waals surface area contributed by atoms with Crippen LogP contribution in [0.4, 0.5) is 0 Å². The summed E-state index contributed by atoms with van der Waals surface area (Å²) in [5.74, 6) is 0.0955. The average Bonchev–Trinajstić information content (AvgIpc) is 2.76. The number of halogens is 1. The lowest BCUT2D eigenvalue weighted by Gasteiger charge is -2.13. The van der Waals surface area contributed by atoms with E-state index in [1.165, 1.54) is 12.1 Å². The van der Waals surface area contributed by atoms with Gasteiger partial charge >= 0.3 is 10.1 Å². The van der Waals surface area contributed by atoms with Crippen LogP contribution in [0, 0.1) is 6.92 Å². The van der Waals surface area contributed by atoms with Gasteiger partial charge in [-0.25, -0.2) is 0 Å². The molecule has 4 rings (SSSR count). The molecule has 0 fully saturated rings. The van der Waals surface area contributed by atoms with Crippen molar-refractivity contribution in [3.8, 4) is 28.0 Å². The summed E-state index contributed by atoms with van der Waals surface area (Å²) in [6, 6.07) is 29.7. The predicted octanol–water partition coefficient (Wildman–Crippen LogP) is 6.75. The third kappa shape index (κ3) is 4.25. The Kier molecular flexibility index (Phi) is 5.62. The van der Waals surface area contributed by atoms with E-state index in [0.29, 0.717) is 0 Å². The Morgan fingerprint density at radius 3 is 1.93 bits per heavy atom. The zero-order valence-electron chi connectivity index (χ0n) is 16.2. The summed E-state index contributed by atoms with van der Waals surface area (Å²) in [7, 11) is -3.97. The molecule has 0 atom stereocenters. The van der Waals surface area contributed by atoms with Gasteiger partial charge in [0.05, 0.1) is 5.02 Å². The van der Waals surface area contributed by atoms with E-state index in [4.69, 9.17) is 15.8 Å². The van der Waals surface area contributed by atoms with Crippen molar-refractivity contribution in [1.82, 2.24) is 0 Å². The zero-order chi connectivity index (χ0) is 21.1. The minimum Gasteiger partial charge on any atom is -0.377 e. The van der Waals surface area contributed by atoms with Crippen molar-refractivity contribution in [3.63, 3.8) is 0 Å². The maximum absolute atomic E-state index is 12.6. The monoisotopic (exact) mass is 434 g/mol. The Morgan fingerprint density at radius 1 is 0.700 bits per heavy atom. The Morgan fingerprint density at radius 2 is 1.30 bits per heavy atom. The molecule has 30 heavy (non-hydrogen) atoms. The number of benzene rings is 4. The second kappa shape index (κ2) is 8.34. The predicted molar refractivity (Wildman–Crippen MR) is 121 cm³/mol. The van der Waals surface area contributed by atoms with Gasteiger partial charge < -0.3 is 4.18 Å². The maximum Gasteiger partial charge on any atom is 0.339 e. The van der Waals surface area contributed by atoms with Crippen LogP contribution >= 0.6 is 11.6 Å². The molecule has 0 aromatic heterocycles. The van der Waals surface area contributed by atoms with Crippen LogP contribution in [0.1, 0.15) is 5.56 Å². The minimum atomic E-state index is -3.97. The Balaban J connectivity index is 1.68. The lowest BCUT2D eigenvalue weighted by molar-refractivity contribution is 0.486. The highest BCUT2D eigenvalue weighted by Crippen LogP contribution is 2.36. The van der Waals surface area contributed by atoms with Gasteiger partial charge in [-0.1, -0.05) is 90.0 Å². The molecule has 0 aliphatic rings. The highest BCUT2D eigenvalue weighted by atomic mass is 35.5. The van der Waals surface area contributed by atoms with Gasteiger partial charge in [0.1, 0.15) is 4.90 Å². The third-order valence-electron chi connectivity index (χ3n) is 4.76. The Hall–Kier alpha value is -3.08. The topological polar surface area (TPSA) is 43.4 Å². The molecule has 0 radical (unpaired) electrons. The first kappa shape index (κ1) is 20.2. The van der Waals surface area contributed by atoms with Crippen molar-refractivity contribution < 1.29 is 12.6 Å². The van der Waals surface area contributed by atoms with Crippen LogP contribution in [-0.4, -0.2) is 8.42 Å². The molecule has 0 spiro atoms. The van der Waals surface area contributed by atoms with Crippen molar-refractivity contribution in [2.75, 3.05) is 0 Å². The number of hydrogen-bond donors (Lipinski definition) is 0. The summed E-state index contributed by atoms with van der Waals surface area (Å²) < 4.78 is 30.5. The highest BCUT2D eigenvalue weighted by Gasteiger charge is 2.19. The van der Waals surface area contributed by atoms with Crippen molar-refractivity contribution in [2.45, 2.75) is 11.8 Å². The SMILES string of the molecule is Cc1ccc(S(=O)(=O)Oc2ccc(-c3ccccc3-c3ccccc3)cc2Cl)cc1. The van der Waals surface area contributed by atoms with E-state index in [-0.39, 0.29) is 15.7 Å². The number of aryl methyl sites for hydroxylation is 1. The second-order valence-electron chi connectivity index (χ2n) is 6.91. The first-order chi connectivity index (χ1) is 14.4. The fraction of sp³-hybridized carbons (Fsp3) is 0.0400. The lowest BCUT2D eigenvalue weighted by atomic mass is 9.95. The maximum atomic E-state index is 12.6. The van der Waals surface area contributed by atoms with Crippen molar-refractivity contribution >= 4 is 21.7 Å². The van der Waals surface area contributed by atoms with E-state index in [0.717, 1.165) is 27.8 Å². The van der Waals surface area contributed by atoms with Gasteiger partial charge in [0, 0.05) is 0 Å². The molecule has 3 nitrogen and oxygen atoms in total. The Labute approximate surface area is 181 Å². The standard InChI is InChI=1S/C25H19ClO3S/c1-18-11-14-21(15-12-18)30(27,28)29-25-16-13-20(17-24(25)26)23-10-6-5-9-22(23)19-7-3-2-4-8-19/h2-17H,1H3. The van der Waals surface area contributed by atoms with E-state index in [1.807, 2.05) is 67.6 Å². The first-order valence-electron chi connectivity index (χ1n) is 9.39. The van der Waals surface area contributed by atoms with Gasteiger partial charge in [-0.15, -0.1) is 0 Å². The normalized spacial score (nSPS) is 11.3. The summed E-state index contributed by atoms with van der Waals surface area (Å²) in [5, 5.41) is 0.228. The van der Waals surface area contributed by atoms with E-state index in [1.54, 1.807) is 24.3 Å². The van der Waals surface area contributed by atoms with Crippen LogP contribution in [0.25, 0.3) is 22.3 Å². The summed E-state index contributed by atoms with van der Waals surface area (Å²) in [5.41, 5.74) is 4.99. The molecular formula is C25H19ClO3S. The molecule has 4 aromatic carbocycles. The highest BCUT2D eigenvalue weighted by molar-refractivity contribution is 7.87. The molecule has 0 saturated carbocycles. The summed E-state index contributed by atoms with van der Waals surface area (Å²) >= 11 is 6.41. The second-order valence-corrected chi connectivity index (χ2v) is 8.86. The summed E-state index contributed by atoms with van der Waals surface area (Å²) in [6.07, 6.45) is 0. The molecule has 150 valence electrons. The van der Waals surface area contributed by atoms with Gasteiger partial charge in [-0.05, 0) is 53.4 Å². The quantitative estimate of drug-likeness (QED) is 0.326. The summed E-state index contributed by atoms with van der Waals surface area (Å²) in [4.78, 5) is 0.0858. The fourth-order valence-corrected chi connectivity index (χ4v) is 4.42. The van der Waals surface area contributed by atoms with Crippen molar-refractivity contribution in [1.29, 1.82) is 0 Å². The molecular weight excluding hydrogens is 416 g/mol. The van der Waals surface area contributed by atoms with Crippen LogP contribution in [0.2, 0.25) is 5.02 Å². The first-order valence-corrected chi connectivity index (χ1v) is 11.2. The Bertz CT molecular complexity index is 1280. The van der Waals surface area contributed by atoms with E-state index in [2.05, 4.69) is 0 Å². The molecule has 0 unspecified atom stereocenters. The van der Waals surface area contributed by atoms with Gasteiger partial charge in [-0.3, -0.25) is 0 Å². The van der Waals surface area contributed by atoms with E-state index < -0.39 is 10.1 Å². The summed E-state index contributed by atoms with van der Waals surface area (Å²) in [6.45, 7) is 1.89. The van der Waals surface area contributed by atoms with Gasteiger partial charge in [0.25, 0.3) is 0 Å². The lowest BCUT2D eigenvalue weighted by Crippen LogP contribution is -2.10. The molecule has 0 N–H and O–H groups in total. The third-order valence-corrected chi connectivity index (χ3v) is 6.31. The molecule has 0 saturated heterocycles. The fourth-order valence-electron chi connectivity index (χ4n) is 3.21. The number of hydrogen-bond acceptors (Lipinski definition) is 3. The van der Waals surface area contributed by atoms with Crippen LogP contribution in [0.15, 0.2) is 102 Å². The zero-order valence-corrected chi connectivity index (χ0v) is 17.8. The minimum absolute atomic E-state index is 0.0858. The van der Waals surface area contributed by atoms with Crippen molar-refractivity contribution in [3.05, 3.63) is 108 Å². The van der Waals surface area contributed by atoms with Crippen molar-refractivity contribution in [2.24, 2.45) is 0 Å². The van der Waals surface area contributed by atoms with Crippen LogP contribution in [0.3, 0.4) is 0 Å². The largest absolute Gasteiger partial charge is 0.377 e. The average molecular weight is 435 g/mol. The van der Waals surface area contributed by atoms with Gasteiger partial charge in [0.15, 0.2) is 5.75 Å². The van der Waals surface area contributed by atoms with E-state index in [9.17, 15) is 8.42 Å². The smallest absolute Gasteiger partial charge is 0.339 e. The molecule has 0 aliphatic carbocycles. The molecule has 0 bridgehead atoms. The van der Waals surface area contributed by atoms with Crippen LogP contribution in [0.5, 0.6) is 5.75 Å². The molecule has 0 aliphatic heterocycles. The molecule has 5 heteroatoms. The molecule has 0 heterocycles. The number of rotatable bonds is 5. The van der Waals surface area contributed by atoms with Crippen LogP contribution < -0.4 is 4.18 Å². The van der Waals surface area contributed by atoms with Crippen LogP contribution in [-0.2, 0) is 10.1 Å². The molecule has 0 amide bonds. The molecule has 4 aromatic rings. The van der Waals surface area contributed by atoms with E-state index >= 15 is 0 Å².